The van der Waals surface area contributed by atoms with Gasteiger partial charge in [0.2, 0.25) is 5.91 Å². The fraction of sp³-hybridized carbons (Fsp3) is 0.160. The highest BCUT2D eigenvalue weighted by molar-refractivity contribution is 9.10. The molecule has 1 aliphatic heterocycles. The van der Waals surface area contributed by atoms with E-state index in [1.807, 2.05) is 43.3 Å². The summed E-state index contributed by atoms with van der Waals surface area (Å²) in [6.07, 6.45) is 1.60. The van der Waals surface area contributed by atoms with Crippen molar-refractivity contribution < 1.29 is 23.9 Å². The molecule has 174 valence electrons. The number of nitrogens with zero attached hydrogens (tertiary/aromatic N) is 1. The van der Waals surface area contributed by atoms with Crippen molar-refractivity contribution in [1.29, 1.82) is 0 Å². The Labute approximate surface area is 209 Å². The van der Waals surface area contributed by atoms with Crippen LogP contribution in [-0.2, 0) is 9.59 Å². The van der Waals surface area contributed by atoms with Gasteiger partial charge in [-0.1, -0.05) is 36.4 Å². The molecule has 0 unspecified atom stereocenters. The summed E-state index contributed by atoms with van der Waals surface area (Å²) < 4.78 is 11.6. The summed E-state index contributed by atoms with van der Waals surface area (Å²) in [5.74, 6) is 0.0789. The SMILES string of the molecule is CCOc1cc(/C=C2/SC(=O)N(CC(=O)Nc3cccc4ccccc34)C2=O)cc(Br)c1OC. The van der Waals surface area contributed by atoms with E-state index >= 15 is 0 Å². The van der Waals surface area contributed by atoms with E-state index < -0.39 is 17.1 Å². The van der Waals surface area contributed by atoms with Gasteiger partial charge in [-0.15, -0.1) is 0 Å². The molecule has 1 saturated heterocycles. The molecule has 1 fully saturated rings. The summed E-state index contributed by atoms with van der Waals surface area (Å²) in [6.45, 7) is 1.92. The number of thioether (sulfide) groups is 1. The van der Waals surface area contributed by atoms with Gasteiger partial charge in [-0.2, -0.15) is 0 Å². The number of carbonyl (C=O) groups excluding carboxylic acids is 3. The molecule has 4 rings (SSSR count). The quantitative estimate of drug-likeness (QED) is 0.388. The number of anilines is 1. The van der Waals surface area contributed by atoms with E-state index in [4.69, 9.17) is 9.47 Å². The zero-order valence-corrected chi connectivity index (χ0v) is 20.9. The van der Waals surface area contributed by atoms with Gasteiger partial charge in [-0.05, 0) is 69.8 Å². The Hall–Kier alpha value is -3.30. The molecular weight excluding hydrogens is 520 g/mol. The molecule has 3 aromatic rings. The zero-order valence-electron chi connectivity index (χ0n) is 18.5. The lowest BCUT2D eigenvalue weighted by atomic mass is 10.1. The number of carbonyl (C=O) groups is 3. The highest BCUT2D eigenvalue weighted by atomic mass is 79.9. The number of amides is 3. The van der Waals surface area contributed by atoms with Crippen molar-refractivity contribution in [2.24, 2.45) is 0 Å². The highest BCUT2D eigenvalue weighted by Crippen LogP contribution is 2.39. The van der Waals surface area contributed by atoms with Gasteiger partial charge in [0.15, 0.2) is 11.5 Å². The summed E-state index contributed by atoms with van der Waals surface area (Å²) in [5.41, 5.74) is 1.28. The maximum atomic E-state index is 12.9. The van der Waals surface area contributed by atoms with Crippen LogP contribution in [0.3, 0.4) is 0 Å². The third-order valence-electron chi connectivity index (χ3n) is 5.07. The summed E-state index contributed by atoms with van der Waals surface area (Å²) in [6, 6.07) is 16.7. The van der Waals surface area contributed by atoms with Gasteiger partial charge < -0.3 is 14.8 Å². The lowest BCUT2D eigenvalue weighted by Crippen LogP contribution is -2.36. The molecule has 0 radical (unpaired) electrons. The van der Waals surface area contributed by atoms with Gasteiger partial charge >= 0.3 is 0 Å². The first-order chi connectivity index (χ1) is 16.4. The lowest BCUT2D eigenvalue weighted by Gasteiger charge is -2.14. The molecule has 0 spiro atoms. The minimum absolute atomic E-state index is 0.225. The third-order valence-corrected chi connectivity index (χ3v) is 6.57. The topological polar surface area (TPSA) is 84.9 Å². The van der Waals surface area contributed by atoms with Crippen molar-refractivity contribution in [1.82, 2.24) is 4.90 Å². The Balaban J connectivity index is 1.52. The summed E-state index contributed by atoms with van der Waals surface area (Å²) in [7, 11) is 1.54. The van der Waals surface area contributed by atoms with Crippen molar-refractivity contribution in [3.63, 3.8) is 0 Å². The maximum Gasteiger partial charge on any atom is 0.294 e. The predicted molar refractivity (Wildman–Crippen MR) is 137 cm³/mol. The molecule has 0 saturated carbocycles. The zero-order chi connectivity index (χ0) is 24.2. The van der Waals surface area contributed by atoms with Crippen molar-refractivity contribution in [2.75, 3.05) is 25.6 Å². The molecule has 1 N–H and O–H groups in total. The number of imide groups is 1. The number of fused-ring (bicyclic) bond motifs is 1. The van der Waals surface area contributed by atoms with Crippen molar-refractivity contribution in [3.8, 4) is 11.5 Å². The number of hydrogen-bond acceptors (Lipinski definition) is 6. The van der Waals surface area contributed by atoms with Gasteiger partial charge in [0, 0.05) is 11.1 Å². The molecule has 0 aromatic heterocycles. The van der Waals surface area contributed by atoms with E-state index in [-0.39, 0.29) is 11.4 Å². The van der Waals surface area contributed by atoms with E-state index in [2.05, 4.69) is 21.2 Å². The Morgan fingerprint density at radius 3 is 2.68 bits per heavy atom. The van der Waals surface area contributed by atoms with Crippen LogP contribution in [0.1, 0.15) is 12.5 Å². The second kappa shape index (κ2) is 10.3. The van der Waals surface area contributed by atoms with Gasteiger partial charge in [-0.25, -0.2) is 0 Å². The van der Waals surface area contributed by atoms with Gasteiger partial charge in [0.25, 0.3) is 11.1 Å². The van der Waals surface area contributed by atoms with Gasteiger partial charge in [-0.3, -0.25) is 19.3 Å². The van der Waals surface area contributed by atoms with Crippen LogP contribution in [-0.4, -0.2) is 42.2 Å². The van der Waals surface area contributed by atoms with E-state index in [1.54, 1.807) is 24.3 Å². The van der Waals surface area contributed by atoms with Crippen LogP contribution in [0.2, 0.25) is 0 Å². The van der Waals surface area contributed by atoms with Crippen LogP contribution in [0.5, 0.6) is 11.5 Å². The first-order valence-corrected chi connectivity index (χ1v) is 12.1. The van der Waals surface area contributed by atoms with Crippen molar-refractivity contribution in [2.45, 2.75) is 6.92 Å². The average molecular weight is 541 g/mol. The molecule has 7 nitrogen and oxygen atoms in total. The summed E-state index contributed by atoms with van der Waals surface area (Å²) >= 11 is 4.24. The summed E-state index contributed by atoms with van der Waals surface area (Å²) in [4.78, 5) is 39.3. The first-order valence-electron chi connectivity index (χ1n) is 10.4. The second-order valence-corrected chi connectivity index (χ2v) is 9.16. The maximum absolute atomic E-state index is 12.9. The monoisotopic (exact) mass is 540 g/mol. The van der Waals surface area contributed by atoms with E-state index in [1.165, 1.54) is 7.11 Å². The fourth-order valence-corrected chi connectivity index (χ4v) is 5.05. The molecule has 3 amide bonds. The summed E-state index contributed by atoms with van der Waals surface area (Å²) in [5, 5.41) is 4.17. The number of rotatable bonds is 7. The second-order valence-electron chi connectivity index (χ2n) is 7.31. The molecule has 0 aliphatic carbocycles. The minimum atomic E-state index is -0.520. The lowest BCUT2D eigenvalue weighted by molar-refractivity contribution is -0.127. The number of halogens is 1. The van der Waals surface area contributed by atoms with E-state index in [0.29, 0.717) is 33.8 Å². The van der Waals surface area contributed by atoms with Crippen molar-refractivity contribution in [3.05, 3.63) is 69.5 Å². The number of ether oxygens (including phenoxy) is 2. The molecular formula is C25H21BrN2O5S. The normalized spacial score (nSPS) is 14.7. The van der Waals surface area contributed by atoms with Crippen LogP contribution in [0.4, 0.5) is 10.5 Å². The molecule has 1 heterocycles. The third kappa shape index (κ3) is 4.95. The molecule has 3 aromatic carbocycles. The fourth-order valence-electron chi connectivity index (χ4n) is 3.59. The Bertz CT molecular complexity index is 1320. The van der Waals surface area contributed by atoms with Crippen molar-refractivity contribution >= 4 is 67.3 Å². The average Bonchev–Trinajstić information content (AvgIpc) is 3.06. The first kappa shape index (κ1) is 23.8. The largest absolute Gasteiger partial charge is 0.492 e. The standard InChI is InChI=1S/C25H21BrN2O5S/c1-3-33-20-12-15(11-18(26)23(20)32-2)13-21-24(30)28(25(31)34-21)14-22(29)27-19-10-6-8-16-7-4-5-9-17(16)19/h4-13H,3,14H2,1-2H3,(H,27,29)/b21-13+. The number of hydrogen-bond donors (Lipinski definition) is 1. The highest BCUT2D eigenvalue weighted by Gasteiger charge is 2.36. The Morgan fingerprint density at radius 1 is 1.15 bits per heavy atom. The van der Waals surface area contributed by atoms with Crippen LogP contribution < -0.4 is 14.8 Å². The van der Waals surface area contributed by atoms with Gasteiger partial charge in [0.05, 0.1) is 23.1 Å². The molecule has 0 atom stereocenters. The van der Waals surface area contributed by atoms with E-state index in [9.17, 15) is 14.4 Å². The number of nitrogens with one attached hydrogen (secondary N) is 1. The predicted octanol–water partition coefficient (Wildman–Crippen LogP) is 5.68. The minimum Gasteiger partial charge on any atom is -0.492 e. The van der Waals surface area contributed by atoms with Crippen LogP contribution >= 0.6 is 27.7 Å². The van der Waals surface area contributed by atoms with Crippen LogP contribution in [0, 0.1) is 0 Å². The number of methoxy groups -OCH3 is 1. The number of benzene rings is 3. The molecule has 9 heteroatoms. The van der Waals surface area contributed by atoms with Gasteiger partial charge in [0.1, 0.15) is 6.54 Å². The molecule has 0 bridgehead atoms. The van der Waals surface area contributed by atoms with E-state index in [0.717, 1.165) is 27.4 Å². The smallest absolute Gasteiger partial charge is 0.294 e. The van der Waals surface area contributed by atoms with Crippen LogP contribution in [0.15, 0.2) is 64.0 Å². The van der Waals surface area contributed by atoms with Crippen LogP contribution in [0.25, 0.3) is 16.8 Å². The molecule has 1 aliphatic rings. The Morgan fingerprint density at radius 2 is 1.91 bits per heavy atom. The Kier molecular flexibility index (Phi) is 7.23. The molecule has 34 heavy (non-hydrogen) atoms.